The minimum Gasteiger partial charge on any atom is -0.313 e. The van der Waals surface area contributed by atoms with Gasteiger partial charge in [0.1, 0.15) is 14.1 Å². The van der Waals surface area contributed by atoms with Crippen molar-refractivity contribution in [2.24, 2.45) is 11.8 Å². The number of benzene rings is 1. The Morgan fingerprint density at radius 1 is 1.50 bits per heavy atom. The number of aldehydes is 1. The zero-order chi connectivity index (χ0) is 17.7. The molecule has 0 aliphatic carbocycles. The minimum absolute atomic E-state index is 0.0599. The fraction of sp³-hybridized carbons (Fsp3) is 0.350. The summed E-state index contributed by atoms with van der Waals surface area (Å²) in [6.07, 6.45) is 4.83. The van der Waals surface area contributed by atoms with Crippen LogP contribution in [0.4, 0.5) is 0 Å². The van der Waals surface area contributed by atoms with Crippen molar-refractivity contribution in [3.8, 4) is 0 Å². The Balaban J connectivity index is 2.18. The number of carbonyl (C=O) groups excluding carboxylic acids is 1. The summed E-state index contributed by atoms with van der Waals surface area (Å²) in [5.74, 6) is 0.181. The van der Waals surface area contributed by atoms with E-state index in [-0.39, 0.29) is 26.6 Å². The lowest BCUT2D eigenvalue weighted by Gasteiger charge is -2.22. The van der Waals surface area contributed by atoms with Crippen LogP contribution in [0.3, 0.4) is 0 Å². The Bertz CT molecular complexity index is 708. The molecule has 124 valence electrons. The third-order valence-corrected chi connectivity index (χ3v) is 7.52. The molecule has 1 N–H and O–H groups in total. The summed E-state index contributed by atoms with van der Waals surface area (Å²) in [6.45, 7) is 10.4. The zero-order valence-electron chi connectivity index (χ0n) is 14.1. The van der Waals surface area contributed by atoms with Crippen molar-refractivity contribution in [3.63, 3.8) is 0 Å². The van der Waals surface area contributed by atoms with Crippen LogP contribution in [0.2, 0.25) is 0 Å². The van der Waals surface area contributed by atoms with Gasteiger partial charge in [0.15, 0.2) is 0 Å². The highest BCUT2D eigenvalue weighted by molar-refractivity contribution is 14.2. The van der Waals surface area contributed by atoms with Crippen LogP contribution in [0.5, 0.6) is 0 Å². The highest BCUT2D eigenvalue weighted by Crippen LogP contribution is 2.36. The first-order chi connectivity index (χ1) is 11.5. The fourth-order valence-corrected chi connectivity index (χ4v) is 5.94. The summed E-state index contributed by atoms with van der Waals surface area (Å²) in [6, 6.07) is 6.20. The van der Waals surface area contributed by atoms with Crippen LogP contribution < -0.4 is 0 Å². The molecule has 24 heavy (non-hydrogen) atoms. The van der Waals surface area contributed by atoms with Gasteiger partial charge in [-0.2, -0.15) is 0 Å². The number of halogens is 1. The van der Waals surface area contributed by atoms with E-state index in [0.717, 1.165) is 54.8 Å². The Labute approximate surface area is 156 Å². The maximum Gasteiger partial charge on any atom is 0.127 e. The molecule has 0 bridgehead atoms. The molecule has 0 saturated heterocycles. The van der Waals surface area contributed by atoms with Crippen LogP contribution in [0.25, 0.3) is 11.1 Å². The second kappa shape index (κ2) is 8.70. The van der Waals surface area contributed by atoms with Crippen molar-refractivity contribution in [1.82, 2.24) is 0 Å². The van der Waals surface area contributed by atoms with Gasteiger partial charge in [-0.25, -0.2) is 0 Å². The van der Waals surface area contributed by atoms with Crippen LogP contribution in [0.1, 0.15) is 36.0 Å². The zero-order valence-corrected chi connectivity index (χ0v) is 16.3. The Morgan fingerprint density at radius 3 is 2.79 bits per heavy atom. The molecule has 0 amide bonds. The van der Waals surface area contributed by atoms with Crippen LogP contribution in [-0.4, -0.2) is 28.2 Å². The maximum atomic E-state index is 11.7. The standard InChI is InChI=1S/C20H23BINO/c1-13(5-4-8-23)16-6-7-18(14(2)9-16)15(3)19(12-24)17-10-20(21)22-11-17/h6-9,12,17,19,23H,1,3-5,10-11H2,2H3. The largest absolute Gasteiger partial charge is 0.313 e. The van der Waals surface area contributed by atoms with E-state index in [1.165, 1.54) is 6.21 Å². The third kappa shape index (κ3) is 4.41. The summed E-state index contributed by atoms with van der Waals surface area (Å²) in [5.41, 5.74) is 5.21. The van der Waals surface area contributed by atoms with E-state index in [2.05, 4.69) is 32.2 Å². The van der Waals surface area contributed by atoms with Gasteiger partial charge in [-0.05, 0) is 70.6 Å². The Hall–Kier alpha value is -1.30. The Morgan fingerprint density at radius 2 is 2.25 bits per heavy atom. The van der Waals surface area contributed by atoms with Crippen molar-refractivity contribution in [2.75, 3.05) is 4.43 Å². The second-order valence-electron chi connectivity index (χ2n) is 6.26. The number of allylic oxidation sites excluding steroid dienone is 2. The topological polar surface area (TPSA) is 40.9 Å². The quantitative estimate of drug-likeness (QED) is 0.212. The number of hydrogen-bond donors (Lipinski definition) is 1. The average Bonchev–Trinajstić information content (AvgIpc) is 2.99. The first-order valence-electron chi connectivity index (χ1n) is 8.10. The highest BCUT2D eigenvalue weighted by Gasteiger charge is 2.27. The summed E-state index contributed by atoms with van der Waals surface area (Å²) in [5, 5.41) is 7.14. The molecule has 0 spiro atoms. The first-order valence-corrected chi connectivity index (χ1v) is 10.7. The van der Waals surface area contributed by atoms with E-state index >= 15 is 0 Å². The molecule has 2 rings (SSSR count). The van der Waals surface area contributed by atoms with E-state index in [4.69, 9.17) is 13.3 Å². The summed E-state index contributed by atoms with van der Waals surface area (Å²) in [7, 11) is 5.97. The number of nitrogens with one attached hydrogen (secondary N) is 1. The van der Waals surface area contributed by atoms with Gasteiger partial charge in [0.05, 0.1) is 0 Å². The molecule has 1 heterocycles. The lowest BCUT2D eigenvalue weighted by Crippen LogP contribution is -2.19. The molecule has 2 nitrogen and oxygen atoms in total. The molecule has 1 aliphatic rings. The average molecular weight is 431 g/mol. The molecule has 1 aromatic rings. The molecule has 4 heteroatoms. The number of carbonyl (C=O) groups is 1. The van der Waals surface area contributed by atoms with Crippen molar-refractivity contribution in [3.05, 3.63) is 48.0 Å². The summed E-state index contributed by atoms with van der Waals surface area (Å²) in [4.78, 5) is 11.7. The summed E-state index contributed by atoms with van der Waals surface area (Å²) >= 11 is -0.0599. The van der Waals surface area contributed by atoms with Gasteiger partial charge in [-0.3, -0.25) is 0 Å². The maximum absolute atomic E-state index is 11.7. The molecule has 2 atom stereocenters. The summed E-state index contributed by atoms with van der Waals surface area (Å²) < 4.78 is 2.18. The second-order valence-corrected chi connectivity index (χ2v) is 9.29. The van der Waals surface area contributed by atoms with E-state index in [0.29, 0.717) is 12.3 Å². The van der Waals surface area contributed by atoms with Gasteiger partial charge in [-0.1, -0.05) is 34.8 Å². The molecule has 1 aromatic carbocycles. The van der Waals surface area contributed by atoms with Gasteiger partial charge in [0, 0.05) is 5.92 Å². The number of alkyl halides is 1. The smallest absolute Gasteiger partial charge is 0.127 e. The molecule has 0 aromatic heterocycles. The van der Waals surface area contributed by atoms with Gasteiger partial charge < -0.3 is 10.2 Å². The fourth-order valence-electron chi connectivity index (χ4n) is 3.07. The van der Waals surface area contributed by atoms with Crippen LogP contribution in [-0.2, 0) is 4.79 Å². The van der Waals surface area contributed by atoms with Crippen LogP contribution in [0.15, 0.2) is 31.4 Å². The SMILES string of the molecule is [B]C1=ICC(C(C=O)C(=C)c2ccc(C(=C)CCC=N)cc2C)C1. The van der Waals surface area contributed by atoms with E-state index in [9.17, 15) is 4.79 Å². The molecule has 0 fully saturated rings. The predicted octanol–water partition coefficient (Wildman–Crippen LogP) is 4.56. The molecule has 2 radical (unpaired) electrons. The lowest BCUT2D eigenvalue weighted by molar-refractivity contribution is -0.110. The van der Waals surface area contributed by atoms with Gasteiger partial charge in [0.25, 0.3) is 0 Å². The molecular weight excluding hydrogens is 408 g/mol. The molecule has 2 unspecified atom stereocenters. The van der Waals surface area contributed by atoms with Gasteiger partial charge in [0.2, 0.25) is 0 Å². The number of aryl methyl sites for hydroxylation is 1. The van der Waals surface area contributed by atoms with E-state index in [1.54, 1.807) is 0 Å². The van der Waals surface area contributed by atoms with Crippen molar-refractivity contribution < 1.29 is 4.79 Å². The monoisotopic (exact) mass is 431 g/mol. The molecule has 0 saturated carbocycles. The Kier molecular flexibility index (Phi) is 6.90. The first kappa shape index (κ1) is 19.0. The highest BCUT2D eigenvalue weighted by atomic mass is 127. The van der Waals surface area contributed by atoms with Crippen molar-refractivity contribution in [1.29, 1.82) is 5.41 Å². The number of rotatable bonds is 8. The van der Waals surface area contributed by atoms with Crippen LogP contribution >= 0.6 is 20.7 Å². The van der Waals surface area contributed by atoms with E-state index in [1.807, 2.05) is 6.07 Å². The van der Waals surface area contributed by atoms with Gasteiger partial charge in [-0.15, -0.1) is 20.7 Å². The number of hydrogen-bond acceptors (Lipinski definition) is 2. The van der Waals surface area contributed by atoms with E-state index < -0.39 is 0 Å². The minimum atomic E-state index is -0.142. The van der Waals surface area contributed by atoms with Crippen molar-refractivity contribution >= 4 is 55.6 Å². The normalized spacial score (nSPS) is 18.2. The molecule has 1 aliphatic heterocycles. The van der Waals surface area contributed by atoms with Gasteiger partial charge >= 0.3 is 0 Å². The third-order valence-electron chi connectivity index (χ3n) is 4.53. The molecular formula is C20H23BINO. The lowest BCUT2D eigenvalue weighted by atomic mass is 9.79. The van der Waals surface area contributed by atoms with Crippen LogP contribution in [0, 0.1) is 24.2 Å². The predicted molar refractivity (Wildman–Crippen MR) is 115 cm³/mol. The van der Waals surface area contributed by atoms with Crippen molar-refractivity contribution in [2.45, 2.75) is 26.2 Å².